The van der Waals surface area contributed by atoms with Crippen LogP contribution in [0.2, 0.25) is 0 Å². The highest BCUT2D eigenvalue weighted by Crippen LogP contribution is 2.31. The second-order valence-corrected chi connectivity index (χ2v) is 7.23. The molecule has 2 heterocycles. The molecule has 0 saturated carbocycles. The molecule has 0 bridgehead atoms. The highest BCUT2D eigenvalue weighted by Gasteiger charge is 2.26. The molecule has 25 heavy (non-hydrogen) atoms. The van der Waals surface area contributed by atoms with Crippen LogP contribution in [0.3, 0.4) is 0 Å². The van der Waals surface area contributed by atoms with Gasteiger partial charge in [0.25, 0.3) is 5.91 Å². The molecule has 0 N–H and O–H groups in total. The van der Waals surface area contributed by atoms with Crippen molar-refractivity contribution < 1.29 is 9.21 Å². The first kappa shape index (κ1) is 15.8. The van der Waals surface area contributed by atoms with Crippen molar-refractivity contribution in [3.63, 3.8) is 0 Å². The van der Waals surface area contributed by atoms with Crippen molar-refractivity contribution in [2.45, 2.75) is 19.9 Å². The van der Waals surface area contributed by atoms with E-state index in [4.69, 9.17) is 4.42 Å². The standard InChI is InChI=1S/C20H18N2O2S/c1-12-14-8-4-6-10-16(14)24-18(12)20(23)22(3)13(2)19-21-15-9-5-7-11-17(15)25-19/h4-11,13H,1-3H3. The summed E-state index contributed by atoms with van der Waals surface area (Å²) in [6.45, 7) is 3.92. The molecule has 0 fully saturated rings. The summed E-state index contributed by atoms with van der Waals surface area (Å²) in [6, 6.07) is 15.6. The van der Waals surface area contributed by atoms with Gasteiger partial charge in [-0.25, -0.2) is 4.98 Å². The maximum atomic E-state index is 13.0. The van der Waals surface area contributed by atoms with Gasteiger partial charge in [-0.05, 0) is 32.0 Å². The highest BCUT2D eigenvalue weighted by molar-refractivity contribution is 7.18. The number of carbonyl (C=O) groups excluding carboxylic acids is 1. The van der Waals surface area contributed by atoms with Gasteiger partial charge in [-0.2, -0.15) is 0 Å². The van der Waals surface area contributed by atoms with Gasteiger partial charge in [-0.1, -0.05) is 30.3 Å². The molecular formula is C20H18N2O2S. The highest BCUT2D eigenvalue weighted by atomic mass is 32.1. The van der Waals surface area contributed by atoms with Crippen molar-refractivity contribution in [3.8, 4) is 0 Å². The fourth-order valence-electron chi connectivity index (χ4n) is 2.95. The predicted molar refractivity (Wildman–Crippen MR) is 101 cm³/mol. The second kappa shape index (κ2) is 6.01. The molecular weight excluding hydrogens is 332 g/mol. The molecule has 4 rings (SSSR count). The Morgan fingerprint density at radius 2 is 1.88 bits per heavy atom. The van der Waals surface area contributed by atoms with Crippen LogP contribution >= 0.6 is 11.3 Å². The molecule has 0 spiro atoms. The number of rotatable bonds is 3. The topological polar surface area (TPSA) is 46.3 Å². The predicted octanol–water partition coefficient (Wildman–Crippen LogP) is 5.18. The van der Waals surface area contributed by atoms with Crippen LogP contribution in [-0.4, -0.2) is 22.8 Å². The first-order valence-electron chi connectivity index (χ1n) is 8.17. The second-order valence-electron chi connectivity index (χ2n) is 6.16. The van der Waals surface area contributed by atoms with E-state index in [0.29, 0.717) is 5.76 Å². The van der Waals surface area contributed by atoms with E-state index in [0.717, 1.165) is 31.8 Å². The molecule has 126 valence electrons. The van der Waals surface area contributed by atoms with Crippen LogP contribution in [-0.2, 0) is 0 Å². The zero-order valence-corrected chi connectivity index (χ0v) is 15.1. The lowest BCUT2D eigenvalue weighted by atomic mass is 10.1. The Morgan fingerprint density at radius 1 is 1.16 bits per heavy atom. The number of carbonyl (C=O) groups is 1. The molecule has 0 aliphatic heterocycles. The minimum absolute atomic E-state index is 0.125. The number of hydrogen-bond donors (Lipinski definition) is 0. The van der Waals surface area contributed by atoms with Gasteiger partial charge in [0.2, 0.25) is 0 Å². The number of thiazole rings is 1. The van der Waals surface area contributed by atoms with Crippen molar-refractivity contribution in [2.24, 2.45) is 0 Å². The van der Waals surface area contributed by atoms with Gasteiger partial charge in [0.15, 0.2) is 5.76 Å². The van der Waals surface area contributed by atoms with Crippen molar-refractivity contribution in [1.29, 1.82) is 0 Å². The molecule has 4 nitrogen and oxygen atoms in total. The largest absolute Gasteiger partial charge is 0.451 e. The molecule has 0 aliphatic carbocycles. The molecule has 1 atom stereocenters. The third kappa shape index (κ3) is 2.61. The number of fused-ring (bicyclic) bond motifs is 2. The van der Waals surface area contributed by atoms with Crippen LogP contribution in [0.5, 0.6) is 0 Å². The fraction of sp³-hybridized carbons (Fsp3) is 0.200. The first-order chi connectivity index (χ1) is 12.1. The first-order valence-corrected chi connectivity index (χ1v) is 8.98. The molecule has 2 aromatic heterocycles. The molecule has 0 saturated heterocycles. The quantitative estimate of drug-likeness (QED) is 0.511. The molecule has 2 aromatic carbocycles. The van der Waals surface area contributed by atoms with Crippen LogP contribution in [0.4, 0.5) is 0 Å². The van der Waals surface area contributed by atoms with Crippen LogP contribution in [0.15, 0.2) is 52.9 Å². The average Bonchev–Trinajstić information content (AvgIpc) is 3.21. The lowest BCUT2D eigenvalue weighted by Gasteiger charge is -2.22. The van der Waals surface area contributed by atoms with E-state index in [1.54, 1.807) is 23.3 Å². The van der Waals surface area contributed by atoms with E-state index < -0.39 is 0 Å². The Kier molecular flexibility index (Phi) is 3.81. The van der Waals surface area contributed by atoms with Gasteiger partial charge < -0.3 is 9.32 Å². The number of furan rings is 1. The summed E-state index contributed by atoms with van der Waals surface area (Å²) in [5, 5.41) is 1.90. The van der Waals surface area contributed by atoms with Gasteiger partial charge in [0.1, 0.15) is 10.6 Å². The van der Waals surface area contributed by atoms with E-state index in [-0.39, 0.29) is 11.9 Å². The molecule has 5 heteroatoms. The smallest absolute Gasteiger partial charge is 0.290 e. The average molecular weight is 350 g/mol. The number of para-hydroxylation sites is 2. The molecule has 0 radical (unpaired) electrons. The van der Waals surface area contributed by atoms with Gasteiger partial charge in [0, 0.05) is 18.0 Å². The molecule has 4 aromatic rings. The van der Waals surface area contributed by atoms with Crippen molar-refractivity contribution >= 4 is 38.4 Å². The Bertz CT molecular complexity index is 1050. The number of aromatic nitrogens is 1. The Hall–Kier alpha value is -2.66. The van der Waals surface area contributed by atoms with Gasteiger partial charge >= 0.3 is 0 Å². The summed E-state index contributed by atoms with van der Waals surface area (Å²) in [6.07, 6.45) is 0. The zero-order valence-electron chi connectivity index (χ0n) is 14.3. The summed E-state index contributed by atoms with van der Waals surface area (Å²) in [5.41, 5.74) is 2.59. The lowest BCUT2D eigenvalue weighted by molar-refractivity contribution is 0.0711. The number of hydrogen-bond acceptors (Lipinski definition) is 4. The lowest BCUT2D eigenvalue weighted by Crippen LogP contribution is -2.29. The number of amides is 1. The van der Waals surface area contributed by atoms with Crippen LogP contribution in [0.25, 0.3) is 21.2 Å². The van der Waals surface area contributed by atoms with E-state index in [1.165, 1.54) is 0 Å². The zero-order chi connectivity index (χ0) is 17.6. The summed E-state index contributed by atoms with van der Waals surface area (Å²) < 4.78 is 6.95. The van der Waals surface area contributed by atoms with Crippen molar-refractivity contribution in [3.05, 3.63) is 64.9 Å². The van der Waals surface area contributed by atoms with Gasteiger partial charge in [-0.15, -0.1) is 11.3 Å². The number of benzene rings is 2. The fourth-order valence-corrected chi connectivity index (χ4v) is 4.01. The van der Waals surface area contributed by atoms with E-state index in [1.807, 2.05) is 56.3 Å². The third-order valence-electron chi connectivity index (χ3n) is 4.61. The van der Waals surface area contributed by atoms with E-state index in [2.05, 4.69) is 11.1 Å². The Morgan fingerprint density at radius 3 is 2.64 bits per heavy atom. The van der Waals surface area contributed by atoms with Gasteiger partial charge in [0.05, 0.1) is 16.3 Å². The minimum atomic E-state index is -0.127. The SMILES string of the molecule is Cc1c(C(=O)N(C)C(C)c2nc3ccccc3s2)oc2ccccc12. The van der Waals surface area contributed by atoms with Gasteiger partial charge in [-0.3, -0.25) is 4.79 Å². The Labute approximate surface area is 149 Å². The van der Waals surface area contributed by atoms with E-state index in [9.17, 15) is 4.79 Å². The van der Waals surface area contributed by atoms with Crippen LogP contribution < -0.4 is 0 Å². The maximum absolute atomic E-state index is 13.0. The van der Waals surface area contributed by atoms with Crippen LogP contribution in [0, 0.1) is 6.92 Å². The Balaban J connectivity index is 1.67. The van der Waals surface area contributed by atoms with Crippen LogP contribution in [0.1, 0.15) is 34.1 Å². The molecule has 1 unspecified atom stereocenters. The summed E-state index contributed by atoms with van der Waals surface area (Å²) in [4.78, 5) is 19.3. The summed E-state index contributed by atoms with van der Waals surface area (Å²) >= 11 is 1.62. The van der Waals surface area contributed by atoms with Crippen molar-refractivity contribution in [2.75, 3.05) is 7.05 Å². The monoisotopic (exact) mass is 350 g/mol. The van der Waals surface area contributed by atoms with E-state index >= 15 is 0 Å². The molecule has 0 aliphatic rings. The third-order valence-corrected chi connectivity index (χ3v) is 5.81. The maximum Gasteiger partial charge on any atom is 0.290 e. The normalized spacial score (nSPS) is 12.6. The van der Waals surface area contributed by atoms with Crippen molar-refractivity contribution in [1.82, 2.24) is 9.88 Å². The summed E-state index contributed by atoms with van der Waals surface area (Å²) in [5.74, 6) is 0.275. The molecule has 1 amide bonds. The minimum Gasteiger partial charge on any atom is -0.451 e. The summed E-state index contributed by atoms with van der Waals surface area (Å²) in [7, 11) is 1.80. The number of aryl methyl sites for hydroxylation is 1. The number of nitrogens with zero attached hydrogens (tertiary/aromatic N) is 2.